The van der Waals surface area contributed by atoms with Crippen LogP contribution in [0.15, 0.2) is 41.3 Å². The maximum atomic E-state index is 12.8. The number of hydrogen-bond acceptors (Lipinski definition) is 3. The third-order valence-corrected chi connectivity index (χ3v) is 5.12. The van der Waals surface area contributed by atoms with E-state index in [-0.39, 0.29) is 28.7 Å². The van der Waals surface area contributed by atoms with Gasteiger partial charge in [0.25, 0.3) is 11.5 Å². The highest BCUT2D eigenvalue weighted by Gasteiger charge is 2.29. The molecule has 1 aliphatic carbocycles. The van der Waals surface area contributed by atoms with Crippen LogP contribution in [0.3, 0.4) is 0 Å². The smallest absolute Gasteiger partial charge is 0.268 e. The summed E-state index contributed by atoms with van der Waals surface area (Å²) in [5.41, 5.74) is 2.21. The Hall–Kier alpha value is -2.89. The summed E-state index contributed by atoms with van der Waals surface area (Å²) < 4.78 is 2.05. The molecule has 0 bridgehead atoms. The van der Waals surface area contributed by atoms with Gasteiger partial charge in [0.1, 0.15) is 5.69 Å². The molecule has 1 atom stereocenters. The predicted molar refractivity (Wildman–Crippen MR) is 105 cm³/mol. The molecule has 1 aromatic carbocycles. The number of nitrogens with zero attached hydrogens (tertiary/aromatic N) is 2. The zero-order valence-electron chi connectivity index (χ0n) is 15.9. The molecule has 1 unspecified atom stereocenters. The molecule has 0 aliphatic heterocycles. The van der Waals surface area contributed by atoms with Crippen LogP contribution in [0.5, 0.6) is 0 Å². The molecule has 27 heavy (non-hydrogen) atoms. The van der Waals surface area contributed by atoms with Crippen molar-refractivity contribution in [2.45, 2.75) is 51.6 Å². The van der Waals surface area contributed by atoms with Crippen LogP contribution < -0.4 is 10.9 Å². The molecular weight excluding hydrogens is 340 g/mol. The van der Waals surface area contributed by atoms with Gasteiger partial charge in [0, 0.05) is 16.6 Å². The molecule has 6 heteroatoms. The normalized spacial score (nSPS) is 16.9. The van der Waals surface area contributed by atoms with E-state index in [4.69, 9.17) is 0 Å². The van der Waals surface area contributed by atoms with Crippen molar-refractivity contribution >= 4 is 16.7 Å². The average molecular weight is 364 g/mol. The van der Waals surface area contributed by atoms with Crippen molar-refractivity contribution in [2.75, 3.05) is 0 Å². The maximum absolute atomic E-state index is 12.8. The molecule has 0 fully saturated rings. The number of aromatic nitrogens is 3. The minimum absolute atomic E-state index is 0.0904. The van der Waals surface area contributed by atoms with Gasteiger partial charge in [-0.1, -0.05) is 18.2 Å². The summed E-state index contributed by atoms with van der Waals surface area (Å²) in [6.07, 6.45) is 4.69. The number of H-pyrrole nitrogens is 1. The molecule has 0 radical (unpaired) electrons. The maximum Gasteiger partial charge on any atom is 0.268 e. The van der Waals surface area contributed by atoms with Crippen molar-refractivity contribution in [2.24, 2.45) is 0 Å². The third kappa shape index (κ3) is 3.16. The fraction of sp³-hybridized carbons (Fsp3) is 0.381. The number of aromatic amines is 1. The van der Waals surface area contributed by atoms with Crippen molar-refractivity contribution < 1.29 is 4.79 Å². The number of fused-ring (bicyclic) bond motifs is 2. The predicted octanol–water partition coefficient (Wildman–Crippen LogP) is 3.29. The van der Waals surface area contributed by atoms with Crippen LogP contribution in [0.1, 0.15) is 61.4 Å². The van der Waals surface area contributed by atoms with Gasteiger partial charge in [0.2, 0.25) is 0 Å². The van der Waals surface area contributed by atoms with Crippen LogP contribution in [-0.4, -0.2) is 20.7 Å². The fourth-order valence-electron chi connectivity index (χ4n) is 3.85. The number of benzene rings is 1. The SMILES string of the molecule is CC(C)(C)n1ncc2c1CCCC2NC(=O)c1cc2ccccc2c(=O)[nH]1. The van der Waals surface area contributed by atoms with Gasteiger partial charge in [-0.3, -0.25) is 14.3 Å². The lowest BCUT2D eigenvalue weighted by molar-refractivity contribution is 0.0927. The first-order valence-corrected chi connectivity index (χ1v) is 9.35. The molecular formula is C21H24N4O2. The molecule has 0 saturated carbocycles. The number of pyridine rings is 1. The van der Waals surface area contributed by atoms with Gasteiger partial charge in [-0.15, -0.1) is 0 Å². The van der Waals surface area contributed by atoms with Crippen LogP contribution in [0, 0.1) is 0 Å². The standard InChI is InChI=1S/C21H24N4O2/c1-21(2,3)25-18-10-6-9-16(15(18)12-22-25)23-20(27)17-11-13-7-4-5-8-14(13)19(26)24-17/h4-5,7-8,11-12,16H,6,9-10H2,1-3H3,(H,23,27)(H,24,26). The second kappa shape index (κ2) is 6.37. The van der Waals surface area contributed by atoms with Gasteiger partial charge in [-0.05, 0) is 57.6 Å². The van der Waals surface area contributed by atoms with E-state index < -0.39 is 0 Å². The number of amides is 1. The quantitative estimate of drug-likeness (QED) is 0.732. The lowest BCUT2D eigenvalue weighted by Crippen LogP contribution is -2.33. The van der Waals surface area contributed by atoms with E-state index >= 15 is 0 Å². The minimum atomic E-state index is -0.265. The van der Waals surface area contributed by atoms with Crippen LogP contribution in [0.4, 0.5) is 0 Å². The van der Waals surface area contributed by atoms with Gasteiger partial charge >= 0.3 is 0 Å². The third-order valence-electron chi connectivity index (χ3n) is 5.12. The number of rotatable bonds is 2. The number of carbonyl (C=O) groups excluding carboxylic acids is 1. The summed E-state index contributed by atoms with van der Waals surface area (Å²) >= 11 is 0. The monoisotopic (exact) mass is 364 g/mol. The van der Waals surface area contributed by atoms with Gasteiger partial charge in [0.15, 0.2) is 0 Å². The Morgan fingerprint density at radius 1 is 1.30 bits per heavy atom. The summed E-state index contributed by atoms with van der Waals surface area (Å²) in [5, 5.41) is 8.99. The first kappa shape index (κ1) is 17.5. The Morgan fingerprint density at radius 2 is 2.07 bits per heavy atom. The zero-order valence-corrected chi connectivity index (χ0v) is 15.9. The highest BCUT2D eigenvalue weighted by Crippen LogP contribution is 2.32. The molecule has 4 rings (SSSR count). The summed E-state index contributed by atoms with van der Waals surface area (Å²) in [7, 11) is 0. The lowest BCUT2D eigenvalue weighted by atomic mass is 9.92. The van der Waals surface area contributed by atoms with E-state index in [2.05, 4.69) is 40.9 Å². The highest BCUT2D eigenvalue weighted by atomic mass is 16.2. The van der Waals surface area contributed by atoms with Gasteiger partial charge < -0.3 is 10.3 Å². The zero-order chi connectivity index (χ0) is 19.2. The molecule has 0 spiro atoms. The average Bonchev–Trinajstić information content (AvgIpc) is 3.07. The second-order valence-electron chi connectivity index (χ2n) is 8.15. The van der Waals surface area contributed by atoms with Gasteiger partial charge in [-0.25, -0.2) is 0 Å². The van der Waals surface area contributed by atoms with Crippen molar-refractivity contribution in [3.05, 3.63) is 63.8 Å². The highest BCUT2D eigenvalue weighted by molar-refractivity contribution is 5.96. The van der Waals surface area contributed by atoms with E-state index in [1.54, 1.807) is 12.1 Å². The van der Waals surface area contributed by atoms with E-state index in [9.17, 15) is 9.59 Å². The van der Waals surface area contributed by atoms with E-state index in [1.165, 1.54) is 5.69 Å². The lowest BCUT2D eigenvalue weighted by Gasteiger charge is -2.28. The van der Waals surface area contributed by atoms with Crippen LogP contribution in [-0.2, 0) is 12.0 Å². The largest absolute Gasteiger partial charge is 0.344 e. The first-order chi connectivity index (χ1) is 12.8. The van der Waals surface area contributed by atoms with Crippen LogP contribution in [0.2, 0.25) is 0 Å². The molecule has 1 aliphatic rings. The molecule has 2 N–H and O–H groups in total. The second-order valence-corrected chi connectivity index (χ2v) is 8.15. The number of hydrogen-bond donors (Lipinski definition) is 2. The number of carbonyl (C=O) groups is 1. The Kier molecular flexibility index (Phi) is 4.13. The Labute approximate surface area is 157 Å². The molecule has 3 aromatic rings. The van der Waals surface area contributed by atoms with E-state index in [1.807, 2.05) is 24.4 Å². The summed E-state index contributed by atoms with van der Waals surface area (Å²) in [6.45, 7) is 6.38. The topological polar surface area (TPSA) is 79.8 Å². The minimum Gasteiger partial charge on any atom is -0.344 e. The van der Waals surface area contributed by atoms with E-state index in [0.717, 1.165) is 30.2 Å². The van der Waals surface area contributed by atoms with Gasteiger partial charge in [0.05, 0.1) is 17.8 Å². The van der Waals surface area contributed by atoms with Crippen molar-refractivity contribution in [1.29, 1.82) is 0 Å². The molecule has 2 aromatic heterocycles. The molecule has 1 amide bonds. The number of nitrogens with one attached hydrogen (secondary N) is 2. The summed E-state index contributed by atoms with van der Waals surface area (Å²) in [5.74, 6) is -0.265. The Bertz CT molecular complexity index is 1070. The Balaban J connectivity index is 1.64. The van der Waals surface area contributed by atoms with Crippen molar-refractivity contribution in [3.63, 3.8) is 0 Å². The summed E-state index contributed by atoms with van der Waals surface area (Å²) in [4.78, 5) is 27.8. The molecule has 6 nitrogen and oxygen atoms in total. The first-order valence-electron chi connectivity index (χ1n) is 9.35. The fourth-order valence-corrected chi connectivity index (χ4v) is 3.85. The summed E-state index contributed by atoms with van der Waals surface area (Å²) in [6, 6.07) is 8.91. The van der Waals surface area contributed by atoms with Crippen LogP contribution in [0.25, 0.3) is 10.8 Å². The molecule has 140 valence electrons. The van der Waals surface area contributed by atoms with E-state index in [0.29, 0.717) is 5.39 Å². The molecule has 2 heterocycles. The Morgan fingerprint density at radius 3 is 2.85 bits per heavy atom. The van der Waals surface area contributed by atoms with Crippen molar-refractivity contribution in [3.8, 4) is 0 Å². The van der Waals surface area contributed by atoms with Gasteiger partial charge in [-0.2, -0.15) is 5.10 Å². The van der Waals surface area contributed by atoms with Crippen LogP contribution >= 0.6 is 0 Å². The molecule has 0 saturated heterocycles. The van der Waals surface area contributed by atoms with Crippen molar-refractivity contribution in [1.82, 2.24) is 20.1 Å².